The zero-order chi connectivity index (χ0) is 16.4. The highest BCUT2D eigenvalue weighted by Gasteiger charge is 2.28. The minimum absolute atomic E-state index is 0.0879. The molecule has 1 aliphatic heterocycles. The number of nitrogens with zero attached hydrogens (tertiary/aromatic N) is 3. The third kappa shape index (κ3) is 3.98. The lowest BCUT2D eigenvalue weighted by Crippen LogP contribution is -2.42. The number of aromatic nitrogens is 2. The molecule has 5 nitrogen and oxygen atoms in total. The molecule has 2 aromatic rings. The van der Waals surface area contributed by atoms with E-state index in [1.807, 2.05) is 6.07 Å². The molecule has 23 heavy (non-hydrogen) atoms. The molecule has 0 unspecified atom stereocenters. The predicted octanol–water partition coefficient (Wildman–Crippen LogP) is 3.33. The molecule has 3 rings (SSSR count). The van der Waals surface area contributed by atoms with Crippen LogP contribution in [0.1, 0.15) is 51.1 Å². The van der Waals surface area contributed by atoms with Gasteiger partial charge in [0.25, 0.3) is 0 Å². The van der Waals surface area contributed by atoms with Crippen molar-refractivity contribution >= 4 is 0 Å². The van der Waals surface area contributed by atoms with Crippen LogP contribution in [0.2, 0.25) is 0 Å². The summed E-state index contributed by atoms with van der Waals surface area (Å²) in [5, 5.41) is 4.11. The fraction of sp³-hybridized carbons (Fsp3) is 0.556. The first-order valence-electron chi connectivity index (χ1n) is 8.17. The monoisotopic (exact) mass is 315 g/mol. The van der Waals surface area contributed by atoms with Crippen molar-refractivity contribution in [2.75, 3.05) is 13.1 Å². The molecule has 1 fully saturated rings. The number of ether oxygens (including phenoxy) is 1. The summed E-state index contributed by atoms with van der Waals surface area (Å²) < 4.78 is 11.5. The van der Waals surface area contributed by atoms with Gasteiger partial charge in [-0.2, -0.15) is 4.98 Å². The standard InChI is InChI=1S/C18H25N3O2/c1-13-10-21(11-15(22-13)14-8-6-5-7-9-14)12-16-19-17(20-23-16)18(2,3)4/h5-9,13,15H,10-12H2,1-4H3/t13-,15-/m1/s1. The molecule has 124 valence electrons. The summed E-state index contributed by atoms with van der Waals surface area (Å²) in [7, 11) is 0. The third-order valence-corrected chi connectivity index (χ3v) is 4.01. The number of hydrogen-bond acceptors (Lipinski definition) is 5. The number of rotatable bonds is 3. The van der Waals surface area contributed by atoms with Crippen molar-refractivity contribution < 1.29 is 9.26 Å². The quantitative estimate of drug-likeness (QED) is 0.869. The van der Waals surface area contributed by atoms with E-state index in [4.69, 9.17) is 9.26 Å². The lowest BCUT2D eigenvalue weighted by atomic mass is 9.96. The van der Waals surface area contributed by atoms with E-state index in [9.17, 15) is 0 Å². The Kier molecular flexibility index (Phi) is 4.50. The average Bonchev–Trinajstić information content (AvgIpc) is 2.96. The highest BCUT2D eigenvalue weighted by Crippen LogP contribution is 2.26. The molecular formula is C18H25N3O2. The van der Waals surface area contributed by atoms with E-state index < -0.39 is 0 Å². The SMILES string of the molecule is C[C@@H]1CN(Cc2nc(C(C)(C)C)no2)C[C@H](c2ccccc2)O1. The van der Waals surface area contributed by atoms with Gasteiger partial charge in [0.2, 0.25) is 5.89 Å². The van der Waals surface area contributed by atoms with Crippen LogP contribution in [-0.2, 0) is 16.7 Å². The molecular weight excluding hydrogens is 290 g/mol. The molecule has 0 N–H and O–H groups in total. The van der Waals surface area contributed by atoms with E-state index in [2.05, 4.69) is 67.0 Å². The molecule has 1 aliphatic rings. The van der Waals surface area contributed by atoms with Gasteiger partial charge in [0.15, 0.2) is 5.82 Å². The molecule has 1 aromatic heterocycles. The van der Waals surface area contributed by atoms with Gasteiger partial charge < -0.3 is 9.26 Å². The van der Waals surface area contributed by atoms with E-state index in [-0.39, 0.29) is 17.6 Å². The molecule has 5 heteroatoms. The molecule has 0 saturated carbocycles. The van der Waals surface area contributed by atoms with Crippen LogP contribution < -0.4 is 0 Å². The van der Waals surface area contributed by atoms with Crippen molar-refractivity contribution in [1.82, 2.24) is 15.0 Å². The second-order valence-electron chi connectivity index (χ2n) is 7.30. The molecule has 2 heterocycles. The van der Waals surface area contributed by atoms with Crippen LogP contribution in [-0.4, -0.2) is 34.2 Å². The fourth-order valence-corrected chi connectivity index (χ4v) is 2.83. The highest BCUT2D eigenvalue weighted by molar-refractivity contribution is 5.18. The van der Waals surface area contributed by atoms with Gasteiger partial charge in [-0.05, 0) is 12.5 Å². The Morgan fingerprint density at radius 2 is 1.91 bits per heavy atom. The van der Waals surface area contributed by atoms with E-state index >= 15 is 0 Å². The summed E-state index contributed by atoms with van der Waals surface area (Å²) in [6.07, 6.45) is 0.268. The average molecular weight is 315 g/mol. The lowest BCUT2D eigenvalue weighted by molar-refractivity contribution is -0.0832. The maximum atomic E-state index is 6.09. The van der Waals surface area contributed by atoms with Crippen molar-refractivity contribution in [2.24, 2.45) is 0 Å². The topological polar surface area (TPSA) is 51.4 Å². The van der Waals surface area contributed by atoms with Crippen molar-refractivity contribution in [3.63, 3.8) is 0 Å². The zero-order valence-electron chi connectivity index (χ0n) is 14.3. The highest BCUT2D eigenvalue weighted by atomic mass is 16.5. The Morgan fingerprint density at radius 3 is 2.57 bits per heavy atom. The second kappa shape index (κ2) is 6.42. The smallest absolute Gasteiger partial charge is 0.240 e. The van der Waals surface area contributed by atoms with Gasteiger partial charge in [-0.25, -0.2) is 0 Å². The molecule has 0 bridgehead atoms. The summed E-state index contributed by atoms with van der Waals surface area (Å²) in [6.45, 7) is 10.7. The Balaban J connectivity index is 1.69. The number of benzene rings is 1. The van der Waals surface area contributed by atoms with Crippen LogP contribution in [0, 0.1) is 0 Å². The normalized spacial score (nSPS) is 23.1. The summed E-state index contributed by atoms with van der Waals surface area (Å²) in [5.41, 5.74) is 1.12. The van der Waals surface area contributed by atoms with Crippen molar-refractivity contribution in [3.05, 3.63) is 47.6 Å². The molecule has 0 amide bonds. The Bertz CT molecular complexity index is 633. The second-order valence-corrected chi connectivity index (χ2v) is 7.30. The predicted molar refractivity (Wildman–Crippen MR) is 88.0 cm³/mol. The van der Waals surface area contributed by atoms with Gasteiger partial charge in [0, 0.05) is 18.5 Å². The molecule has 0 radical (unpaired) electrons. The minimum Gasteiger partial charge on any atom is -0.368 e. The van der Waals surface area contributed by atoms with Gasteiger partial charge in [-0.3, -0.25) is 4.90 Å². The zero-order valence-corrected chi connectivity index (χ0v) is 14.3. The summed E-state index contributed by atoms with van der Waals surface area (Å²) in [6, 6.07) is 10.4. The summed E-state index contributed by atoms with van der Waals surface area (Å²) in [4.78, 5) is 6.86. The molecule has 1 aromatic carbocycles. The van der Waals surface area contributed by atoms with Crippen molar-refractivity contribution in [2.45, 2.75) is 51.9 Å². The lowest BCUT2D eigenvalue weighted by Gasteiger charge is -2.36. The first-order valence-corrected chi connectivity index (χ1v) is 8.17. The fourth-order valence-electron chi connectivity index (χ4n) is 2.83. The first kappa shape index (κ1) is 16.1. The largest absolute Gasteiger partial charge is 0.368 e. The van der Waals surface area contributed by atoms with Crippen molar-refractivity contribution in [1.29, 1.82) is 0 Å². The van der Waals surface area contributed by atoms with Crippen LogP contribution in [0.3, 0.4) is 0 Å². The van der Waals surface area contributed by atoms with Gasteiger partial charge in [0.05, 0.1) is 18.8 Å². The molecule has 0 spiro atoms. The summed E-state index contributed by atoms with van der Waals surface area (Å²) >= 11 is 0. The van der Waals surface area contributed by atoms with Crippen LogP contribution in [0.15, 0.2) is 34.9 Å². The van der Waals surface area contributed by atoms with E-state index in [0.717, 1.165) is 18.9 Å². The van der Waals surface area contributed by atoms with Crippen LogP contribution in [0.5, 0.6) is 0 Å². The molecule has 2 atom stereocenters. The van der Waals surface area contributed by atoms with Crippen LogP contribution in [0.4, 0.5) is 0 Å². The van der Waals surface area contributed by atoms with Gasteiger partial charge in [-0.1, -0.05) is 56.3 Å². The first-order chi connectivity index (χ1) is 10.9. The van der Waals surface area contributed by atoms with Gasteiger partial charge in [0.1, 0.15) is 0 Å². The van der Waals surface area contributed by atoms with Crippen LogP contribution in [0.25, 0.3) is 0 Å². The van der Waals surface area contributed by atoms with Gasteiger partial charge >= 0.3 is 0 Å². The maximum Gasteiger partial charge on any atom is 0.240 e. The molecule has 1 saturated heterocycles. The van der Waals surface area contributed by atoms with Gasteiger partial charge in [-0.15, -0.1) is 0 Å². The molecule has 0 aliphatic carbocycles. The Hall–Kier alpha value is -1.72. The number of hydrogen-bond donors (Lipinski definition) is 0. The van der Waals surface area contributed by atoms with Crippen molar-refractivity contribution in [3.8, 4) is 0 Å². The number of morpholine rings is 1. The van der Waals surface area contributed by atoms with E-state index in [1.165, 1.54) is 5.56 Å². The third-order valence-electron chi connectivity index (χ3n) is 4.01. The van der Waals surface area contributed by atoms with Crippen LogP contribution >= 0.6 is 0 Å². The van der Waals surface area contributed by atoms with E-state index in [1.54, 1.807) is 0 Å². The van der Waals surface area contributed by atoms with E-state index in [0.29, 0.717) is 12.4 Å². The maximum absolute atomic E-state index is 6.09. The minimum atomic E-state index is -0.0906. The Morgan fingerprint density at radius 1 is 1.17 bits per heavy atom. The Labute approximate surface area is 137 Å². The summed E-state index contributed by atoms with van der Waals surface area (Å²) in [5.74, 6) is 1.43.